The first-order valence-electron chi connectivity index (χ1n) is 6.29. The maximum atomic E-state index is 9.05. The molecule has 0 aliphatic heterocycles. The van der Waals surface area contributed by atoms with E-state index in [2.05, 4.69) is 23.0 Å². The second-order valence-electron chi connectivity index (χ2n) is 4.27. The van der Waals surface area contributed by atoms with E-state index in [9.17, 15) is 0 Å². The highest BCUT2D eigenvalue weighted by Crippen LogP contribution is 2.34. The Balaban J connectivity index is 2.67. The van der Waals surface area contributed by atoms with Crippen molar-refractivity contribution in [2.45, 2.75) is 19.8 Å². The van der Waals surface area contributed by atoms with Crippen molar-refractivity contribution in [3.05, 3.63) is 40.8 Å². The zero-order valence-electron chi connectivity index (χ0n) is 11.4. The molecule has 4 nitrogen and oxygen atoms in total. The van der Waals surface area contributed by atoms with E-state index < -0.39 is 0 Å². The highest BCUT2D eigenvalue weighted by atomic mass is 35.5. The van der Waals surface area contributed by atoms with Crippen molar-refractivity contribution in [1.29, 1.82) is 5.26 Å². The molecule has 0 amide bonds. The summed E-state index contributed by atoms with van der Waals surface area (Å²) in [6, 6.07) is 7.36. The number of nitrogens with zero attached hydrogens (tertiary/aromatic N) is 3. The van der Waals surface area contributed by atoms with E-state index in [1.165, 1.54) is 6.33 Å². The summed E-state index contributed by atoms with van der Waals surface area (Å²) in [5.41, 5.74) is 2.92. The monoisotopic (exact) mass is 287 g/mol. The Bertz CT molecular complexity index is 665. The van der Waals surface area contributed by atoms with E-state index >= 15 is 0 Å². The largest absolute Gasteiger partial charge is 0.496 e. The molecular formula is C15H14ClN3O. The van der Waals surface area contributed by atoms with Gasteiger partial charge in [0.2, 0.25) is 0 Å². The van der Waals surface area contributed by atoms with E-state index in [4.69, 9.17) is 21.6 Å². The summed E-state index contributed by atoms with van der Waals surface area (Å²) in [6.45, 7) is 2.07. The van der Waals surface area contributed by atoms with Crippen LogP contribution in [0, 0.1) is 11.3 Å². The maximum Gasteiger partial charge on any atom is 0.136 e. The van der Waals surface area contributed by atoms with Gasteiger partial charge in [0.1, 0.15) is 17.2 Å². The molecule has 0 aliphatic carbocycles. The molecule has 0 N–H and O–H groups in total. The van der Waals surface area contributed by atoms with Gasteiger partial charge in [0.15, 0.2) is 0 Å². The number of methoxy groups -OCH3 is 1. The molecule has 102 valence electrons. The van der Waals surface area contributed by atoms with Gasteiger partial charge in [0.05, 0.1) is 24.4 Å². The van der Waals surface area contributed by atoms with Crippen LogP contribution in [0.25, 0.3) is 11.3 Å². The summed E-state index contributed by atoms with van der Waals surface area (Å²) in [4.78, 5) is 8.36. The van der Waals surface area contributed by atoms with E-state index in [0.29, 0.717) is 16.5 Å². The van der Waals surface area contributed by atoms with Crippen LogP contribution in [0.5, 0.6) is 5.75 Å². The van der Waals surface area contributed by atoms with Crippen LogP contribution < -0.4 is 4.74 Å². The summed E-state index contributed by atoms with van der Waals surface area (Å²) < 4.78 is 5.36. The third-order valence-corrected chi connectivity index (χ3v) is 3.30. The highest BCUT2D eigenvalue weighted by molar-refractivity contribution is 6.30. The summed E-state index contributed by atoms with van der Waals surface area (Å²) in [5, 5.41) is 9.50. The lowest BCUT2D eigenvalue weighted by Crippen LogP contribution is -1.99. The lowest BCUT2D eigenvalue weighted by atomic mass is 10.0. The Labute approximate surface area is 123 Å². The Morgan fingerprint density at radius 2 is 2.15 bits per heavy atom. The van der Waals surface area contributed by atoms with Crippen molar-refractivity contribution in [2.75, 3.05) is 7.11 Å². The molecule has 2 rings (SSSR count). The van der Waals surface area contributed by atoms with E-state index in [1.807, 2.05) is 0 Å². The standard InChI is InChI=1S/C15H14ClN3O/c1-3-4-11-14(18-9-19-15(11)16)12-7-10(8-17)5-6-13(12)20-2/h5-7,9H,3-4H2,1-2H3. The molecule has 1 aromatic carbocycles. The summed E-state index contributed by atoms with van der Waals surface area (Å²) in [7, 11) is 1.59. The minimum absolute atomic E-state index is 0.446. The average molecular weight is 288 g/mol. The predicted molar refractivity (Wildman–Crippen MR) is 77.7 cm³/mol. The molecule has 0 spiro atoms. The molecule has 5 heteroatoms. The van der Waals surface area contributed by atoms with E-state index in [0.717, 1.165) is 29.7 Å². The average Bonchev–Trinajstić information content (AvgIpc) is 2.49. The molecule has 0 atom stereocenters. The zero-order valence-corrected chi connectivity index (χ0v) is 12.1. The van der Waals surface area contributed by atoms with Crippen LogP contribution in [0.2, 0.25) is 5.15 Å². The molecule has 0 saturated carbocycles. The fourth-order valence-corrected chi connectivity index (χ4v) is 2.28. The van der Waals surface area contributed by atoms with Gasteiger partial charge in [-0.1, -0.05) is 24.9 Å². The normalized spacial score (nSPS) is 10.1. The smallest absolute Gasteiger partial charge is 0.136 e. The molecule has 20 heavy (non-hydrogen) atoms. The predicted octanol–water partition coefficient (Wildman–Crippen LogP) is 3.63. The van der Waals surface area contributed by atoms with Gasteiger partial charge in [0, 0.05) is 11.1 Å². The molecule has 2 aromatic rings. The lowest BCUT2D eigenvalue weighted by Gasteiger charge is -2.12. The number of ether oxygens (including phenoxy) is 1. The third kappa shape index (κ3) is 2.73. The summed E-state index contributed by atoms with van der Waals surface area (Å²) in [5.74, 6) is 0.663. The quantitative estimate of drug-likeness (QED) is 0.806. The van der Waals surface area contributed by atoms with Crippen LogP contribution in [0.15, 0.2) is 24.5 Å². The number of rotatable bonds is 4. The SMILES string of the molecule is CCCc1c(Cl)ncnc1-c1cc(C#N)ccc1OC. The van der Waals surface area contributed by atoms with Crippen molar-refractivity contribution in [3.8, 4) is 23.1 Å². The van der Waals surface area contributed by atoms with Gasteiger partial charge < -0.3 is 4.74 Å². The first-order valence-corrected chi connectivity index (χ1v) is 6.67. The van der Waals surface area contributed by atoms with Crippen molar-refractivity contribution < 1.29 is 4.74 Å². The second-order valence-corrected chi connectivity index (χ2v) is 4.63. The Morgan fingerprint density at radius 1 is 1.35 bits per heavy atom. The first kappa shape index (κ1) is 14.3. The Morgan fingerprint density at radius 3 is 2.80 bits per heavy atom. The van der Waals surface area contributed by atoms with Gasteiger partial charge in [-0.2, -0.15) is 5.26 Å². The van der Waals surface area contributed by atoms with Crippen LogP contribution >= 0.6 is 11.6 Å². The lowest BCUT2D eigenvalue weighted by molar-refractivity contribution is 0.416. The van der Waals surface area contributed by atoms with Gasteiger partial charge in [0.25, 0.3) is 0 Å². The van der Waals surface area contributed by atoms with Gasteiger partial charge in [-0.25, -0.2) is 9.97 Å². The molecule has 1 heterocycles. The molecule has 0 unspecified atom stereocenters. The van der Waals surface area contributed by atoms with Gasteiger partial charge in [-0.15, -0.1) is 0 Å². The molecule has 0 radical (unpaired) electrons. The minimum Gasteiger partial charge on any atom is -0.496 e. The number of hydrogen-bond acceptors (Lipinski definition) is 4. The van der Waals surface area contributed by atoms with Gasteiger partial charge in [-0.05, 0) is 24.6 Å². The Hall–Kier alpha value is -2.12. The maximum absolute atomic E-state index is 9.05. The van der Waals surface area contributed by atoms with Crippen molar-refractivity contribution in [2.24, 2.45) is 0 Å². The number of aromatic nitrogens is 2. The van der Waals surface area contributed by atoms with Crippen LogP contribution in [0.1, 0.15) is 24.5 Å². The molecule has 0 fully saturated rings. The topological polar surface area (TPSA) is 58.8 Å². The van der Waals surface area contributed by atoms with E-state index in [1.54, 1.807) is 25.3 Å². The van der Waals surface area contributed by atoms with E-state index in [-0.39, 0.29) is 0 Å². The van der Waals surface area contributed by atoms with Gasteiger partial charge >= 0.3 is 0 Å². The highest BCUT2D eigenvalue weighted by Gasteiger charge is 2.15. The fourth-order valence-electron chi connectivity index (χ4n) is 2.06. The molecule has 1 aromatic heterocycles. The number of halogens is 1. The number of benzene rings is 1. The van der Waals surface area contributed by atoms with Crippen LogP contribution in [0.4, 0.5) is 0 Å². The Kier molecular flexibility index (Phi) is 4.54. The second kappa shape index (κ2) is 6.36. The number of nitriles is 1. The molecule has 0 saturated heterocycles. The van der Waals surface area contributed by atoms with Crippen molar-refractivity contribution in [3.63, 3.8) is 0 Å². The molecule has 0 aliphatic rings. The summed E-state index contributed by atoms with van der Waals surface area (Å²) in [6.07, 6.45) is 3.13. The zero-order chi connectivity index (χ0) is 14.5. The molecular weight excluding hydrogens is 274 g/mol. The molecule has 0 bridgehead atoms. The van der Waals surface area contributed by atoms with Gasteiger partial charge in [-0.3, -0.25) is 0 Å². The first-order chi connectivity index (χ1) is 9.71. The third-order valence-electron chi connectivity index (χ3n) is 2.98. The number of hydrogen-bond donors (Lipinski definition) is 0. The van der Waals surface area contributed by atoms with Crippen LogP contribution in [-0.2, 0) is 6.42 Å². The van der Waals surface area contributed by atoms with Crippen LogP contribution in [0.3, 0.4) is 0 Å². The van der Waals surface area contributed by atoms with Crippen molar-refractivity contribution >= 4 is 11.6 Å². The minimum atomic E-state index is 0.446. The van der Waals surface area contributed by atoms with Crippen molar-refractivity contribution in [1.82, 2.24) is 9.97 Å². The van der Waals surface area contributed by atoms with Crippen LogP contribution in [-0.4, -0.2) is 17.1 Å². The fraction of sp³-hybridized carbons (Fsp3) is 0.267. The summed E-state index contributed by atoms with van der Waals surface area (Å²) >= 11 is 6.17.